The molecular weight excluding hydrogens is 572 g/mol. The zero-order valence-electron chi connectivity index (χ0n) is 24.9. The minimum atomic E-state index is -3.85. The third-order valence-electron chi connectivity index (χ3n) is 7.45. The Balaban J connectivity index is 1.67. The van der Waals surface area contributed by atoms with E-state index in [0.29, 0.717) is 11.4 Å². The van der Waals surface area contributed by atoms with Gasteiger partial charge >= 0.3 is 6.03 Å². The largest absolute Gasteiger partial charge is 0.497 e. The second-order valence-corrected chi connectivity index (χ2v) is 12.8. The number of sulfonamides is 1. The number of nitrogens with zero attached hydrogens (tertiary/aromatic N) is 2. The molecule has 0 fully saturated rings. The van der Waals surface area contributed by atoms with Gasteiger partial charge in [0.1, 0.15) is 11.9 Å². The van der Waals surface area contributed by atoms with Gasteiger partial charge in [0.15, 0.2) is 5.75 Å². The van der Waals surface area contributed by atoms with Crippen LogP contribution in [0.3, 0.4) is 0 Å². The van der Waals surface area contributed by atoms with Crippen LogP contribution in [0.25, 0.3) is 0 Å². The van der Waals surface area contributed by atoms with E-state index in [-0.39, 0.29) is 53.4 Å². The number of amides is 3. The van der Waals surface area contributed by atoms with Gasteiger partial charge in [0.2, 0.25) is 10.0 Å². The lowest BCUT2D eigenvalue weighted by atomic mass is 9.99. The first-order valence-electron chi connectivity index (χ1n) is 13.9. The van der Waals surface area contributed by atoms with Gasteiger partial charge in [-0.05, 0) is 62.4 Å². The summed E-state index contributed by atoms with van der Waals surface area (Å²) < 4.78 is 39.7. The number of ether oxygens (including phenoxy) is 2. The second kappa shape index (κ2) is 13.4. The predicted molar refractivity (Wildman–Crippen MR) is 164 cm³/mol. The first-order valence-corrected chi connectivity index (χ1v) is 15.3. The van der Waals surface area contributed by atoms with Gasteiger partial charge in [-0.25, -0.2) is 13.2 Å². The van der Waals surface area contributed by atoms with Gasteiger partial charge in [-0.15, -0.1) is 0 Å². The van der Waals surface area contributed by atoms with Crippen LogP contribution in [0.5, 0.6) is 11.5 Å². The Kier molecular flexibility index (Phi) is 9.95. The van der Waals surface area contributed by atoms with Gasteiger partial charge in [-0.1, -0.05) is 30.7 Å². The Bertz CT molecular complexity index is 1550. The van der Waals surface area contributed by atoms with Crippen LogP contribution in [0, 0.1) is 12.8 Å². The lowest BCUT2D eigenvalue weighted by Gasteiger charge is -2.38. The Morgan fingerprint density at radius 1 is 1.12 bits per heavy atom. The molecule has 1 aliphatic rings. The number of aliphatic hydroxyl groups is 1. The summed E-state index contributed by atoms with van der Waals surface area (Å²) in [5.41, 5.74) is 1.88. The van der Waals surface area contributed by atoms with Crippen LogP contribution in [-0.4, -0.2) is 80.7 Å². The molecule has 0 saturated heterocycles. The minimum absolute atomic E-state index is 0.0290. The number of rotatable bonds is 9. The van der Waals surface area contributed by atoms with Crippen molar-refractivity contribution in [3.05, 3.63) is 77.9 Å². The standard InChI is InChI=1S/C31H38N4O7S/c1-20-9-15-25(16-10-20)43(39,40)34(4)18-28-21(2)17-35(22(3)19-36)30(37)26-7-6-8-27(29(26)42-28)33-31(38)32-23-11-13-24(41-5)14-12-23/h6-16,21-22,28,36H,17-19H2,1-5H3,(H2,32,33,38)/t21-,22+,28+/m0/s1. The van der Waals surface area contributed by atoms with Gasteiger partial charge in [-0.3, -0.25) is 4.79 Å². The number of nitrogens with one attached hydrogen (secondary N) is 2. The number of aryl methyl sites for hydroxylation is 1. The van der Waals surface area contributed by atoms with Crippen LogP contribution < -0.4 is 20.1 Å². The fourth-order valence-electron chi connectivity index (χ4n) is 4.76. The summed E-state index contributed by atoms with van der Waals surface area (Å²) in [6.07, 6.45) is -0.710. The highest BCUT2D eigenvalue weighted by molar-refractivity contribution is 7.89. The number of methoxy groups -OCH3 is 1. The smallest absolute Gasteiger partial charge is 0.323 e. The van der Waals surface area contributed by atoms with E-state index in [2.05, 4.69) is 10.6 Å². The Labute approximate surface area is 252 Å². The topological polar surface area (TPSA) is 138 Å². The third-order valence-corrected chi connectivity index (χ3v) is 9.29. The summed E-state index contributed by atoms with van der Waals surface area (Å²) in [4.78, 5) is 28.4. The number of anilines is 2. The molecule has 12 heteroatoms. The summed E-state index contributed by atoms with van der Waals surface area (Å²) in [7, 11) is -0.816. The molecule has 0 saturated carbocycles. The molecule has 0 aliphatic carbocycles. The summed E-state index contributed by atoms with van der Waals surface area (Å²) in [6.45, 7) is 5.41. The van der Waals surface area contributed by atoms with Crippen LogP contribution in [0.4, 0.5) is 16.2 Å². The number of likely N-dealkylation sites (N-methyl/N-ethyl adjacent to an activating group) is 1. The quantitative estimate of drug-likeness (QED) is 0.330. The third kappa shape index (κ3) is 7.27. The normalized spacial score (nSPS) is 17.7. The first-order chi connectivity index (χ1) is 20.4. The van der Waals surface area contributed by atoms with Crippen molar-refractivity contribution in [1.29, 1.82) is 0 Å². The molecule has 3 atom stereocenters. The van der Waals surface area contributed by atoms with Crippen molar-refractivity contribution < 1.29 is 32.6 Å². The fourth-order valence-corrected chi connectivity index (χ4v) is 5.94. The highest BCUT2D eigenvalue weighted by atomic mass is 32.2. The molecule has 3 N–H and O–H groups in total. The molecule has 0 bridgehead atoms. The van der Waals surface area contributed by atoms with Gasteiger partial charge in [0, 0.05) is 25.2 Å². The van der Waals surface area contributed by atoms with E-state index in [1.807, 2.05) is 13.8 Å². The van der Waals surface area contributed by atoms with E-state index < -0.39 is 28.2 Å². The number of urea groups is 1. The zero-order valence-corrected chi connectivity index (χ0v) is 25.7. The van der Waals surface area contributed by atoms with Crippen molar-refractivity contribution in [3.63, 3.8) is 0 Å². The molecule has 1 heterocycles. The lowest BCUT2D eigenvalue weighted by molar-refractivity contribution is 0.0389. The molecule has 43 heavy (non-hydrogen) atoms. The van der Waals surface area contributed by atoms with Crippen LogP contribution in [0.15, 0.2) is 71.6 Å². The average Bonchev–Trinajstić information content (AvgIpc) is 2.99. The average molecular weight is 611 g/mol. The lowest BCUT2D eigenvalue weighted by Crippen LogP contribution is -2.50. The van der Waals surface area contributed by atoms with Gasteiger partial charge in [0.05, 0.1) is 42.4 Å². The molecule has 3 aromatic carbocycles. The zero-order chi connectivity index (χ0) is 31.3. The summed E-state index contributed by atoms with van der Waals surface area (Å²) >= 11 is 0. The Morgan fingerprint density at radius 3 is 2.42 bits per heavy atom. The number of hydrogen-bond acceptors (Lipinski definition) is 7. The van der Waals surface area contributed by atoms with Crippen LogP contribution in [0.1, 0.15) is 29.8 Å². The molecule has 0 spiro atoms. The van der Waals surface area contributed by atoms with Crippen molar-refractivity contribution in [2.45, 2.75) is 37.8 Å². The van der Waals surface area contributed by atoms with Crippen LogP contribution >= 0.6 is 0 Å². The van der Waals surface area contributed by atoms with E-state index in [9.17, 15) is 23.1 Å². The molecule has 0 aromatic heterocycles. The Morgan fingerprint density at radius 2 is 1.79 bits per heavy atom. The molecular formula is C31H38N4O7S. The number of carbonyl (C=O) groups excluding carboxylic acids is 2. The van der Waals surface area contributed by atoms with E-state index in [4.69, 9.17) is 9.47 Å². The SMILES string of the molecule is COc1ccc(NC(=O)Nc2cccc3c2O[C@H](CN(C)S(=O)(=O)c2ccc(C)cc2)[C@@H](C)CN([C@H](C)CO)C3=O)cc1. The molecule has 0 radical (unpaired) electrons. The van der Waals surface area contributed by atoms with E-state index in [1.165, 1.54) is 11.4 Å². The van der Waals surface area contributed by atoms with Gasteiger partial charge in [-0.2, -0.15) is 4.31 Å². The van der Waals surface area contributed by atoms with Crippen molar-refractivity contribution in [1.82, 2.24) is 9.21 Å². The molecule has 1 aliphatic heterocycles. The van der Waals surface area contributed by atoms with E-state index in [1.54, 1.807) is 85.7 Å². The number of carbonyl (C=O) groups is 2. The van der Waals surface area contributed by atoms with Crippen molar-refractivity contribution in [2.24, 2.45) is 5.92 Å². The Hall–Kier alpha value is -4.13. The maximum Gasteiger partial charge on any atom is 0.323 e. The van der Waals surface area contributed by atoms with Crippen molar-refractivity contribution in [3.8, 4) is 11.5 Å². The molecule has 3 amide bonds. The molecule has 0 unspecified atom stereocenters. The number of benzene rings is 3. The van der Waals surface area contributed by atoms with Crippen LogP contribution in [0.2, 0.25) is 0 Å². The molecule has 230 valence electrons. The van der Waals surface area contributed by atoms with Gasteiger partial charge in [0.25, 0.3) is 5.91 Å². The summed E-state index contributed by atoms with van der Waals surface area (Å²) in [5.74, 6) is 0.0355. The van der Waals surface area contributed by atoms with E-state index in [0.717, 1.165) is 5.56 Å². The van der Waals surface area contributed by atoms with Gasteiger partial charge < -0.3 is 30.1 Å². The number of hydrogen-bond donors (Lipinski definition) is 3. The fraction of sp³-hybridized carbons (Fsp3) is 0.355. The molecule has 3 aromatic rings. The number of aliphatic hydroxyl groups excluding tert-OH is 1. The summed E-state index contributed by atoms with van der Waals surface area (Å²) in [6, 6.07) is 17.1. The van der Waals surface area contributed by atoms with Crippen LogP contribution in [-0.2, 0) is 10.0 Å². The second-order valence-electron chi connectivity index (χ2n) is 10.7. The number of para-hydroxylation sites is 1. The number of fused-ring (bicyclic) bond motifs is 1. The highest BCUT2D eigenvalue weighted by Gasteiger charge is 2.36. The first kappa shape index (κ1) is 31.8. The maximum absolute atomic E-state index is 13.7. The molecule has 11 nitrogen and oxygen atoms in total. The van der Waals surface area contributed by atoms with Crippen molar-refractivity contribution in [2.75, 3.05) is 44.5 Å². The predicted octanol–water partition coefficient (Wildman–Crippen LogP) is 4.19. The molecule has 4 rings (SSSR count). The highest BCUT2D eigenvalue weighted by Crippen LogP contribution is 2.35. The minimum Gasteiger partial charge on any atom is -0.497 e. The monoisotopic (exact) mass is 610 g/mol. The summed E-state index contributed by atoms with van der Waals surface area (Å²) in [5, 5.41) is 15.4. The maximum atomic E-state index is 13.7. The van der Waals surface area contributed by atoms with E-state index >= 15 is 0 Å². The van der Waals surface area contributed by atoms with Crippen molar-refractivity contribution >= 4 is 33.3 Å².